The fraction of sp³-hybridized carbons (Fsp3) is 0.467. The van der Waals surface area contributed by atoms with Crippen LogP contribution in [0.3, 0.4) is 0 Å². The number of nitrogens with one attached hydrogen (secondary N) is 1. The van der Waals surface area contributed by atoms with Crippen molar-refractivity contribution in [2.24, 2.45) is 0 Å². The highest BCUT2D eigenvalue weighted by Gasteiger charge is 2.18. The SMILES string of the molecule is CCCNC(C1=COCCC1)c1ccc(Br)cc1. The zero-order valence-corrected chi connectivity index (χ0v) is 12.4. The van der Waals surface area contributed by atoms with Crippen LogP contribution in [0.4, 0.5) is 0 Å². The summed E-state index contributed by atoms with van der Waals surface area (Å²) in [5.74, 6) is 0. The fourth-order valence-corrected chi connectivity index (χ4v) is 2.47. The van der Waals surface area contributed by atoms with E-state index >= 15 is 0 Å². The number of hydrogen-bond acceptors (Lipinski definition) is 2. The molecule has 1 atom stereocenters. The summed E-state index contributed by atoms with van der Waals surface area (Å²) >= 11 is 3.48. The van der Waals surface area contributed by atoms with Gasteiger partial charge in [0.2, 0.25) is 0 Å². The van der Waals surface area contributed by atoms with Gasteiger partial charge in [-0.2, -0.15) is 0 Å². The van der Waals surface area contributed by atoms with Gasteiger partial charge in [-0.15, -0.1) is 0 Å². The number of benzene rings is 1. The van der Waals surface area contributed by atoms with Crippen molar-refractivity contribution in [3.8, 4) is 0 Å². The van der Waals surface area contributed by atoms with Gasteiger partial charge in [-0.3, -0.25) is 0 Å². The number of rotatable bonds is 5. The second-order valence-corrected chi connectivity index (χ2v) is 5.52. The molecule has 1 heterocycles. The molecule has 0 radical (unpaired) electrons. The van der Waals surface area contributed by atoms with Gasteiger partial charge in [0.1, 0.15) is 0 Å². The Labute approximate surface area is 118 Å². The average Bonchev–Trinajstić information content (AvgIpc) is 2.42. The number of halogens is 1. The van der Waals surface area contributed by atoms with Crippen LogP contribution in [0.25, 0.3) is 0 Å². The second-order valence-electron chi connectivity index (χ2n) is 4.61. The minimum absolute atomic E-state index is 0.290. The van der Waals surface area contributed by atoms with E-state index in [1.165, 1.54) is 11.1 Å². The van der Waals surface area contributed by atoms with E-state index in [4.69, 9.17) is 4.74 Å². The molecule has 0 aliphatic carbocycles. The van der Waals surface area contributed by atoms with Gasteiger partial charge >= 0.3 is 0 Å². The maximum atomic E-state index is 5.48. The molecule has 0 bridgehead atoms. The molecule has 3 heteroatoms. The molecule has 1 aliphatic rings. The Hall–Kier alpha value is -0.800. The average molecular weight is 310 g/mol. The molecule has 2 nitrogen and oxygen atoms in total. The Morgan fingerprint density at radius 1 is 1.33 bits per heavy atom. The third-order valence-corrected chi connectivity index (χ3v) is 3.66. The third kappa shape index (κ3) is 3.59. The Morgan fingerprint density at radius 2 is 2.11 bits per heavy atom. The van der Waals surface area contributed by atoms with Crippen LogP contribution >= 0.6 is 15.9 Å². The predicted octanol–water partition coefficient (Wildman–Crippen LogP) is 4.18. The van der Waals surface area contributed by atoms with Crippen LogP contribution in [0.15, 0.2) is 40.6 Å². The smallest absolute Gasteiger partial charge is 0.0876 e. The van der Waals surface area contributed by atoms with Gasteiger partial charge in [-0.05, 0) is 49.1 Å². The first-order valence-electron chi connectivity index (χ1n) is 6.60. The maximum absolute atomic E-state index is 5.48. The molecule has 0 saturated carbocycles. The van der Waals surface area contributed by atoms with Gasteiger partial charge in [0.25, 0.3) is 0 Å². The van der Waals surface area contributed by atoms with Crippen molar-refractivity contribution in [1.29, 1.82) is 0 Å². The van der Waals surface area contributed by atoms with Crippen LogP contribution in [0.1, 0.15) is 37.8 Å². The van der Waals surface area contributed by atoms with Crippen molar-refractivity contribution in [2.45, 2.75) is 32.2 Å². The second kappa shape index (κ2) is 6.95. The van der Waals surface area contributed by atoms with Crippen LogP contribution in [-0.4, -0.2) is 13.2 Å². The first-order valence-corrected chi connectivity index (χ1v) is 7.40. The van der Waals surface area contributed by atoms with Gasteiger partial charge in [0.15, 0.2) is 0 Å². The molecule has 0 aromatic heterocycles. The van der Waals surface area contributed by atoms with Crippen LogP contribution in [-0.2, 0) is 4.74 Å². The molecule has 1 N–H and O–H groups in total. The summed E-state index contributed by atoms with van der Waals surface area (Å²) in [5.41, 5.74) is 2.67. The summed E-state index contributed by atoms with van der Waals surface area (Å²) in [6, 6.07) is 8.83. The third-order valence-electron chi connectivity index (χ3n) is 3.13. The Morgan fingerprint density at radius 3 is 2.72 bits per heavy atom. The molecular formula is C15H20BrNO. The molecular weight excluding hydrogens is 290 g/mol. The molecule has 0 fully saturated rings. The largest absolute Gasteiger partial charge is 0.501 e. The molecule has 0 spiro atoms. The summed E-state index contributed by atoms with van der Waals surface area (Å²) in [7, 11) is 0. The van der Waals surface area contributed by atoms with E-state index in [1.807, 2.05) is 6.26 Å². The Kier molecular flexibility index (Phi) is 5.26. The van der Waals surface area contributed by atoms with Crippen molar-refractivity contribution in [3.05, 3.63) is 46.1 Å². The highest BCUT2D eigenvalue weighted by molar-refractivity contribution is 9.10. The lowest BCUT2D eigenvalue weighted by molar-refractivity contribution is 0.219. The molecule has 0 amide bonds. The van der Waals surface area contributed by atoms with Crippen molar-refractivity contribution >= 4 is 15.9 Å². The zero-order chi connectivity index (χ0) is 12.8. The predicted molar refractivity (Wildman–Crippen MR) is 78.4 cm³/mol. The van der Waals surface area contributed by atoms with Crippen molar-refractivity contribution in [2.75, 3.05) is 13.2 Å². The minimum Gasteiger partial charge on any atom is -0.501 e. The van der Waals surface area contributed by atoms with E-state index in [2.05, 4.69) is 52.4 Å². The number of ether oxygens (including phenoxy) is 1. The highest BCUT2D eigenvalue weighted by atomic mass is 79.9. The molecule has 98 valence electrons. The first kappa shape index (κ1) is 13.6. The van der Waals surface area contributed by atoms with Gasteiger partial charge in [-0.1, -0.05) is 35.0 Å². The summed E-state index contributed by atoms with van der Waals surface area (Å²) in [6.45, 7) is 4.07. The van der Waals surface area contributed by atoms with Crippen molar-refractivity contribution < 1.29 is 4.74 Å². The summed E-state index contributed by atoms with van der Waals surface area (Å²) in [5, 5.41) is 3.61. The maximum Gasteiger partial charge on any atom is 0.0876 e. The van der Waals surface area contributed by atoms with E-state index < -0.39 is 0 Å². The zero-order valence-electron chi connectivity index (χ0n) is 10.8. The lowest BCUT2D eigenvalue weighted by Gasteiger charge is -2.24. The fourth-order valence-electron chi connectivity index (χ4n) is 2.20. The molecule has 1 unspecified atom stereocenters. The summed E-state index contributed by atoms with van der Waals surface area (Å²) in [4.78, 5) is 0. The van der Waals surface area contributed by atoms with E-state index in [-0.39, 0.29) is 0 Å². The topological polar surface area (TPSA) is 21.3 Å². The monoisotopic (exact) mass is 309 g/mol. The first-order chi connectivity index (χ1) is 8.81. The summed E-state index contributed by atoms with van der Waals surface area (Å²) in [6.07, 6.45) is 5.32. The summed E-state index contributed by atoms with van der Waals surface area (Å²) < 4.78 is 6.60. The standard InChI is InChI=1S/C15H20BrNO/c1-2-9-17-15(13-4-3-10-18-11-13)12-5-7-14(16)8-6-12/h5-8,11,15,17H,2-4,9-10H2,1H3. The van der Waals surface area contributed by atoms with Crippen molar-refractivity contribution in [3.63, 3.8) is 0 Å². The van der Waals surface area contributed by atoms with E-state index in [9.17, 15) is 0 Å². The van der Waals surface area contributed by atoms with Crippen LogP contribution < -0.4 is 5.32 Å². The Balaban J connectivity index is 2.18. The van der Waals surface area contributed by atoms with Gasteiger partial charge in [-0.25, -0.2) is 0 Å². The molecule has 1 aromatic carbocycles. The molecule has 18 heavy (non-hydrogen) atoms. The normalized spacial score (nSPS) is 16.9. The van der Waals surface area contributed by atoms with Crippen LogP contribution in [0.2, 0.25) is 0 Å². The number of hydrogen-bond donors (Lipinski definition) is 1. The molecule has 0 saturated heterocycles. The van der Waals surface area contributed by atoms with E-state index in [0.29, 0.717) is 6.04 Å². The van der Waals surface area contributed by atoms with E-state index in [0.717, 1.165) is 36.9 Å². The van der Waals surface area contributed by atoms with Crippen LogP contribution in [0.5, 0.6) is 0 Å². The molecule has 1 aromatic rings. The highest BCUT2D eigenvalue weighted by Crippen LogP contribution is 2.28. The lowest BCUT2D eigenvalue weighted by atomic mass is 9.95. The van der Waals surface area contributed by atoms with Crippen LogP contribution in [0, 0.1) is 0 Å². The molecule has 2 rings (SSSR count). The minimum atomic E-state index is 0.290. The Bertz CT molecular complexity index is 399. The lowest BCUT2D eigenvalue weighted by Crippen LogP contribution is -2.25. The quantitative estimate of drug-likeness (QED) is 0.881. The van der Waals surface area contributed by atoms with Crippen molar-refractivity contribution in [1.82, 2.24) is 5.32 Å². The molecule has 1 aliphatic heterocycles. The van der Waals surface area contributed by atoms with Gasteiger partial charge < -0.3 is 10.1 Å². The van der Waals surface area contributed by atoms with E-state index in [1.54, 1.807) is 0 Å². The van der Waals surface area contributed by atoms with Gasteiger partial charge in [0, 0.05) is 4.47 Å². The van der Waals surface area contributed by atoms with Gasteiger partial charge in [0.05, 0.1) is 18.9 Å².